The number of likely N-dealkylation sites (tertiary alicyclic amines) is 1. The van der Waals surface area contributed by atoms with E-state index in [4.69, 9.17) is 17.3 Å². The van der Waals surface area contributed by atoms with Crippen LogP contribution in [0.1, 0.15) is 28.8 Å². The molecular formula is C13H12ClF3N2O2. The maximum absolute atomic E-state index is 12.7. The van der Waals surface area contributed by atoms with Crippen LogP contribution in [0.5, 0.6) is 0 Å². The first-order valence-corrected chi connectivity index (χ1v) is 6.56. The van der Waals surface area contributed by atoms with E-state index in [0.29, 0.717) is 12.8 Å². The molecule has 0 spiro atoms. The summed E-state index contributed by atoms with van der Waals surface area (Å²) < 4.78 is 38.2. The van der Waals surface area contributed by atoms with Crippen molar-refractivity contribution in [1.82, 2.24) is 4.90 Å². The zero-order chi connectivity index (χ0) is 15.8. The van der Waals surface area contributed by atoms with Gasteiger partial charge in [0.05, 0.1) is 5.56 Å². The van der Waals surface area contributed by atoms with Crippen LogP contribution in [0.25, 0.3) is 0 Å². The van der Waals surface area contributed by atoms with E-state index in [-0.39, 0.29) is 17.1 Å². The van der Waals surface area contributed by atoms with Crippen molar-refractivity contribution in [2.45, 2.75) is 25.1 Å². The molecule has 114 valence electrons. The van der Waals surface area contributed by atoms with Crippen molar-refractivity contribution >= 4 is 23.4 Å². The van der Waals surface area contributed by atoms with Crippen molar-refractivity contribution < 1.29 is 22.8 Å². The lowest BCUT2D eigenvalue weighted by Gasteiger charge is -2.22. The van der Waals surface area contributed by atoms with Gasteiger partial charge in [-0.3, -0.25) is 9.59 Å². The van der Waals surface area contributed by atoms with Crippen molar-refractivity contribution in [2.75, 3.05) is 6.54 Å². The number of halogens is 4. The van der Waals surface area contributed by atoms with Crippen LogP contribution in [0.2, 0.25) is 5.02 Å². The van der Waals surface area contributed by atoms with Crippen LogP contribution in [0.4, 0.5) is 13.2 Å². The number of benzene rings is 1. The molecule has 0 bridgehead atoms. The topological polar surface area (TPSA) is 63.4 Å². The lowest BCUT2D eigenvalue weighted by Crippen LogP contribution is -2.43. The third-order valence-electron chi connectivity index (χ3n) is 3.31. The van der Waals surface area contributed by atoms with Gasteiger partial charge in [-0.25, -0.2) is 0 Å². The largest absolute Gasteiger partial charge is 0.416 e. The van der Waals surface area contributed by atoms with Crippen LogP contribution >= 0.6 is 11.6 Å². The van der Waals surface area contributed by atoms with Gasteiger partial charge in [0.1, 0.15) is 6.04 Å². The highest BCUT2D eigenvalue weighted by Crippen LogP contribution is 2.32. The van der Waals surface area contributed by atoms with E-state index >= 15 is 0 Å². The quantitative estimate of drug-likeness (QED) is 0.909. The minimum absolute atomic E-state index is 0.192. The summed E-state index contributed by atoms with van der Waals surface area (Å²) in [5.74, 6) is -1.34. The highest BCUT2D eigenvalue weighted by molar-refractivity contribution is 6.31. The molecule has 2 rings (SSSR count). The third-order valence-corrected chi connectivity index (χ3v) is 3.53. The van der Waals surface area contributed by atoms with Gasteiger partial charge in [0.25, 0.3) is 5.91 Å². The second-order valence-corrected chi connectivity index (χ2v) is 5.22. The van der Waals surface area contributed by atoms with Crippen LogP contribution in [-0.2, 0) is 11.0 Å². The Balaban J connectivity index is 2.35. The first-order chi connectivity index (χ1) is 9.70. The van der Waals surface area contributed by atoms with Gasteiger partial charge in [-0.15, -0.1) is 0 Å². The fourth-order valence-corrected chi connectivity index (χ4v) is 2.58. The normalized spacial score (nSPS) is 18.9. The van der Waals surface area contributed by atoms with Crippen LogP contribution in [-0.4, -0.2) is 29.3 Å². The molecule has 2 N–H and O–H groups in total. The second kappa shape index (κ2) is 5.55. The van der Waals surface area contributed by atoms with Gasteiger partial charge in [-0.05, 0) is 31.0 Å². The number of hydrogen-bond acceptors (Lipinski definition) is 2. The van der Waals surface area contributed by atoms with Gasteiger partial charge < -0.3 is 10.6 Å². The summed E-state index contributed by atoms with van der Waals surface area (Å²) in [6, 6.07) is 1.83. The summed E-state index contributed by atoms with van der Waals surface area (Å²) in [5.41, 5.74) is 3.98. The molecule has 1 saturated heterocycles. The molecule has 4 nitrogen and oxygen atoms in total. The van der Waals surface area contributed by atoms with E-state index in [1.807, 2.05) is 0 Å². The number of carbonyl (C=O) groups is 2. The molecule has 0 aliphatic carbocycles. The van der Waals surface area contributed by atoms with Crippen molar-refractivity contribution in [3.63, 3.8) is 0 Å². The average Bonchev–Trinajstić information content (AvgIpc) is 2.85. The minimum atomic E-state index is -4.60. The van der Waals surface area contributed by atoms with Crippen LogP contribution < -0.4 is 5.73 Å². The predicted molar refractivity (Wildman–Crippen MR) is 69.7 cm³/mol. The number of amides is 2. The number of alkyl halides is 3. The number of hydrogen-bond donors (Lipinski definition) is 1. The van der Waals surface area contributed by atoms with E-state index in [2.05, 4.69) is 0 Å². The fraction of sp³-hybridized carbons (Fsp3) is 0.385. The van der Waals surface area contributed by atoms with Gasteiger partial charge in [0.2, 0.25) is 5.91 Å². The molecule has 2 amide bonds. The van der Waals surface area contributed by atoms with E-state index in [9.17, 15) is 22.8 Å². The zero-order valence-electron chi connectivity index (χ0n) is 10.8. The van der Waals surface area contributed by atoms with Gasteiger partial charge >= 0.3 is 6.18 Å². The van der Waals surface area contributed by atoms with Gasteiger partial charge in [-0.2, -0.15) is 13.2 Å². The molecule has 1 aliphatic rings. The van der Waals surface area contributed by atoms with Crippen molar-refractivity contribution in [3.8, 4) is 0 Å². The molecule has 0 unspecified atom stereocenters. The first-order valence-electron chi connectivity index (χ1n) is 6.18. The molecule has 0 radical (unpaired) electrons. The standard InChI is InChI=1S/C13H12ClF3N2O2/c14-9-5-7(4-8(6-9)13(15,16)17)12(21)19-3-1-2-10(19)11(18)20/h4-6,10H,1-3H2,(H2,18,20)/t10-/m1/s1. The lowest BCUT2D eigenvalue weighted by molar-refractivity contribution is -0.137. The van der Waals surface area contributed by atoms with E-state index in [1.165, 1.54) is 4.90 Å². The number of nitrogens with zero attached hydrogens (tertiary/aromatic N) is 1. The summed E-state index contributed by atoms with van der Waals surface area (Å²) in [6.07, 6.45) is -3.62. The molecule has 21 heavy (non-hydrogen) atoms. The van der Waals surface area contributed by atoms with Gasteiger partial charge in [0.15, 0.2) is 0 Å². The van der Waals surface area contributed by atoms with Crippen LogP contribution in [0.3, 0.4) is 0 Å². The number of nitrogens with two attached hydrogens (primary N) is 1. The Morgan fingerprint density at radius 2 is 1.95 bits per heavy atom. The molecule has 1 aromatic carbocycles. The molecule has 1 heterocycles. The highest BCUT2D eigenvalue weighted by atomic mass is 35.5. The van der Waals surface area contributed by atoms with Crippen molar-refractivity contribution in [1.29, 1.82) is 0 Å². The van der Waals surface area contributed by atoms with Gasteiger partial charge in [-0.1, -0.05) is 11.6 Å². The predicted octanol–water partition coefficient (Wildman–Crippen LogP) is 2.45. The number of carbonyl (C=O) groups excluding carboxylic acids is 2. The van der Waals surface area contributed by atoms with Crippen molar-refractivity contribution in [3.05, 3.63) is 34.3 Å². The van der Waals surface area contributed by atoms with E-state index < -0.39 is 29.6 Å². The Labute approximate surface area is 123 Å². The molecule has 1 fully saturated rings. The summed E-state index contributed by atoms with van der Waals surface area (Å²) >= 11 is 5.64. The average molecular weight is 321 g/mol. The number of primary amides is 1. The third kappa shape index (κ3) is 3.29. The second-order valence-electron chi connectivity index (χ2n) is 4.79. The maximum atomic E-state index is 12.7. The molecule has 1 atom stereocenters. The Bertz CT molecular complexity index is 589. The summed E-state index contributed by atoms with van der Waals surface area (Å²) in [5, 5.41) is -0.192. The minimum Gasteiger partial charge on any atom is -0.368 e. The fourth-order valence-electron chi connectivity index (χ4n) is 2.35. The van der Waals surface area contributed by atoms with Gasteiger partial charge in [0, 0.05) is 17.1 Å². The Morgan fingerprint density at radius 3 is 2.52 bits per heavy atom. The number of rotatable bonds is 2. The summed E-state index contributed by atoms with van der Waals surface area (Å²) in [6.45, 7) is 0.278. The Morgan fingerprint density at radius 1 is 1.29 bits per heavy atom. The molecule has 8 heteroatoms. The molecular weight excluding hydrogens is 309 g/mol. The first kappa shape index (κ1) is 15.6. The van der Waals surface area contributed by atoms with Crippen LogP contribution in [0.15, 0.2) is 18.2 Å². The molecule has 1 aliphatic heterocycles. The smallest absolute Gasteiger partial charge is 0.368 e. The summed E-state index contributed by atoms with van der Waals surface area (Å²) in [7, 11) is 0. The molecule has 0 aromatic heterocycles. The van der Waals surface area contributed by atoms with Crippen LogP contribution in [0, 0.1) is 0 Å². The molecule has 1 aromatic rings. The monoisotopic (exact) mass is 320 g/mol. The Hall–Kier alpha value is -1.76. The highest BCUT2D eigenvalue weighted by Gasteiger charge is 2.35. The van der Waals surface area contributed by atoms with Crippen molar-refractivity contribution in [2.24, 2.45) is 5.73 Å². The lowest BCUT2D eigenvalue weighted by atomic mass is 10.1. The summed E-state index contributed by atoms with van der Waals surface area (Å²) in [4.78, 5) is 24.7. The Kier molecular flexibility index (Phi) is 4.13. The maximum Gasteiger partial charge on any atom is 0.416 e. The molecule has 0 saturated carbocycles. The SMILES string of the molecule is NC(=O)[C@H]1CCCN1C(=O)c1cc(Cl)cc(C(F)(F)F)c1. The zero-order valence-corrected chi connectivity index (χ0v) is 11.5. The van der Waals surface area contributed by atoms with E-state index in [1.54, 1.807) is 0 Å². The van der Waals surface area contributed by atoms with E-state index in [0.717, 1.165) is 18.2 Å².